The number of carboxylic acids is 1. The van der Waals surface area contributed by atoms with Crippen molar-refractivity contribution in [1.82, 2.24) is 10.4 Å². The molecule has 6 heteroatoms. The molecule has 0 aliphatic carbocycles. The van der Waals surface area contributed by atoms with E-state index in [2.05, 4.69) is 10.3 Å². The maximum atomic E-state index is 11.3. The zero-order valence-electron chi connectivity index (χ0n) is 9.32. The molecule has 2 amide bonds. The molecule has 0 aliphatic rings. The summed E-state index contributed by atoms with van der Waals surface area (Å²) in [5.41, 5.74) is 2.06. The van der Waals surface area contributed by atoms with Gasteiger partial charge in [-0.3, -0.25) is 4.84 Å². The molecule has 15 heavy (non-hydrogen) atoms. The van der Waals surface area contributed by atoms with Gasteiger partial charge in [0, 0.05) is 13.1 Å². The summed E-state index contributed by atoms with van der Waals surface area (Å²) in [6, 6.07) is -0.333. The van der Waals surface area contributed by atoms with E-state index in [0.29, 0.717) is 0 Å². The van der Waals surface area contributed by atoms with Crippen molar-refractivity contribution in [2.24, 2.45) is 0 Å². The Balaban J connectivity index is 3.83. The number of hydroxylamine groups is 1. The van der Waals surface area contributed by atoms with Crippen LogP contribution < -0.4 is 5.48 Å². The number of carbonyl (C=O) groups excluding carboxylic acids is 1. The highest BCUT2D eigenvalue weighted by Gasteiger charge is 2.14. The van der Waals surface area contributed by atoms with Crippen LogP contribution in [0.4, 0.5) is 4.79 Å². The summed E-state index contributed by atoms with van der Waals surface area (Å²) in [5.74, 6) is -1.13. The van der Waals surface area contributed by atoms with Crippen molar-refractivity contribution in [1.29, 1.82) is 0 Å². The number of nitrogens with zero attached hydrogens (tertiary/aromatic N) is 1. The fourth-order valence-electron chi connectivity index (χ4n) is 1.04. The Bertz CT molecular complexity index is 220. The standard InChI is InChI=1S/C9H18N2O4/c1-4-5-7(2)11(3)9(14)10-15-6-8(12)13/h7H,4-6H2,1-3H3,(H,10,14)(H,12,13). The molecule has 0 aromatic carbocycles. The van der Waals surface area contributed by atoms with Gasteiger partial charge in [-0.1, -0.05) is 13.3 Å². The summed E-state index contributed by atoms with van der Waals surface area (Å²) >= 11 is 0. The monoisotopic (exact) mass is 218 g/mol. The quantitative estimate of drug-likeness (QED) is 0.647. The van der Waals surface area contributed by atoms with E-state index in [1.54, 1.807) is 7.05 Å². The molecular weight excluding hydrogens is 200 g/mol. The van der Waals surface area contributed by atoms with E-state index in [1.165, 1.54) is 4.90 Å². The molecule has 0 fully saturated rings. The van der Waals surface area contributed by atoms with Crippen LogP contribution in [0.3, 0.4) is 0 Å². The van der Waals surface area contributed by atoms with Crippen molar-refractivity contribution < 1.29 is 19.5 Å². The average molecular weight is 218 g/mol. The summed E-state index contributed by atoms with van der Waals surface area (Å²) in [4.78, 5) is 27.4. The van der Waals surface area contributed by atoms with Crippen LogP contribution in [-0.4, -0.2) is 41.7 Å². The van der Waals surface area contributed by atoms with Crippen LogP contribution in [0.1, 0.15) is 26.7 Å². The van der Waals surface area contributed by atoms with Crippen LogP contribution >= 0.6 is 0 Å². The third kappa shape index (κ3) is 5.90. The number of rotatable bonds is 6. The van der Waals surface area contributed by atoms with Gasteiger partial charge in [0.25, 0.3) is 0 Å². The van der Waals surface area contributed by atoms with Gasteiger partial charge in [-0.25, -0.2) is 15.1 Å². The summed E-state index contributed by atoms with van der Waals surface area (Å²) < 4.78 is 0. The molecule has 6 nitrogen and oxygen atoms in total. The number of hydrogen-bond donors (Lipinski definition) is 2. The Morgan fingerprint density at radius 3 is 2.60 bits per heavy atom. The predicted octanol–water partition coefficient (Wildman–Crippen LogP) is 0.833. The highest BCUT2D eigenvalue weighted by Crippen LogP contribution is 2.03. The molecule has 0 radical (unpaired) electrons. The molecule has 1 unspecified atom stereocenters. The summed E-state index contributed by atoms with van der Waals surface area (Å²) in [6.07, 6.45) is 1.87. The first-order chi connectivity index (χ1) is 6.99. The zero-order valence-corrected chi connectivity index (χ0v) is 9.32. The third-order valence-corrected chi connectivity index (χ3v) is 2.04. The first kappa shape index (κ1) is 13.7. The smallest absolute Gasteiger partial charge is 0.341 e. The second-order valence-corrected chi connectivity index (χ2v) is 3.34. The van der Waals surface area contributed by atoms with Crippen LogP contribution in [0.15, 0.2) is 0 Å². The average Bonchev–Trinajstić information content (AvgIpc) is 2.16. The van der Waals surface area contributed by atoms with Gasteiger partial charge in [0.2, 0.25) is 0 Å². The van der Waals surface area contributed by atoms with Crippen LogP contribution in [0, 0.1) is 0 Å². The molecular formula is C9H18N2O4. The Morgan fingerprint density at radius 1 is 1.53 bits per heavy atom. The van der Waals surface area contributed by atoms with Crippen LogP contribution in [0.25, 0.3) is 0 Å². The SMILES string of the molecule is CCCC(C)N(C)C(=O)NOCC(=O)O. The van der Waals surface area contributed by atoms with Gasteiger partial charge in [-0.2, -0.15) is 0 Å². The molecule has 0 aromatic heterocycles. The van der Waals surface area contributed by atoms with E-state index in [9.17, 15) is 9.59 Å². The predicted molar refractivity (Wildman–Crippen MR) is 54.3 cm³/mol. The lowest BCUT2D eigenvalue weighted by Crippen LogP contribution is -2.42. The van der Waals surface area contributed by atoms with Gasteiger partial charge in [-0.05, 0) is 13.3 Å². The Hall–Kier alpha value is -1.30. The van der Waals surface area contributed by atoms with Crippen molar-refractivity contribution in [3.8, 4) is 0 Å². The lowest BCUT2D eigenvalue weighted by molar-refractivity contribution is -0.144. The molecule has 0 aromatic rings. The van der Waals surface area contributed by atoms with Crippen molar-refractivity contribution in [3.63, 3.8) is 0 Å². The Labute approximate surface area is 89.2 Å². The molecule has 0 aliphatic heterocycles. The number of hydrogen-bond acceptors (Lipinski definition) is 3. The second kappa shape index (κ2) is 7.05. The normalized spacial score (nSPS) is 11.9. The molecule has 0 rings (SSSR count). The maximum absolute atomic E-state index is 11.3. The van der Waals surface area contributed by atoms with Gasteiger partial charge in [-0.15, -0.1) is 0 Å². The fourth-order valence-corrected chi connectivity index (χ4v) is 1.04. The molecule has 88 valence electrons. The highest BCUT2D eigenvalue weighted by molar-refractivity contribution is 5.73. The van der Waals surface area contributed by atoms with Gasteiger partial charge in [0.15, 0.2) is 6.61 Å². The first-order valence-corrected chi connectivity index (χ1v) is 4.85. The summed E-state index contributed by atoms with van der Waals surface area (Å²) in [5, 5.41) is 8.27. The van der Waals surface area contributed by atoms with Gasteiger partial charge in [0.05, 0.1) is 0 Å². The van der Waals surface area contributed by atoms with Crippen LogP contribution in [0.5, 0.6) is 0 Å². The van der Waals surface area contributed by atoms with Crippen molar-refractivity contribution in [2.45, 2.75) is 32.7 Å². The summed E-state index contributed by atoms with van der Waals surface area (Å²) in [7, 11) is 1.64. The zero-order chi connectivity index (χ0) is 11.8. The number of nitrogens with one attached hydrogen (secondary N) is 1. The fraction of sp³-hybridized carbons (Fsp3) is 0.778. The molecule has 0 saturated heterocycles. The van der Waals surface area contributed by atoms with Gasteiger partial charge in [0.1, 0.15) is 0 Å². The van der Waals surface area contributed by atoms with Crippen LogP contribution in [0.2, 0.25) is 0 Å². The van der Waals surface area contributed by atoms with Gasteiger partial charge < -0.3 is 10.0 Å². The van der Waals surface area contributed by atoms with Crippen molar-refractivity contribution in [3.05, 3.63) is 0 Å². The van der Waals surface area contributed by atoms with E-state index in [-0.39, 0.29) is 6.04 Å². The Kier molecular flexibility index (Phi) is 6.44. The number of aliphatic carboxylic acids is 1. The molecule has 0 heterocycles. The molecule has 2 N–H and O–H groups in total. The third-order valence-electron chi connectivity index (χ3n) is 2.04. The van der Waals surface area contributed by atoms with E-state index in [4.69, 9.17) is 5.11 Å². The molecule has 0 bridgehead atoms. The number of carboxylic acid groups (broad SMARTS) is 1. The maximum Gasteiger partial charge on any atom is 0.341 e. The van der Waals surface area contributed by atoms with E-state index >= 15 is 0 Å². The lowest BCUT2D eigenvalue weighted by atomic mass is 10.2. The summed E-state index contributed by atoms with van der Waals surface area (Å²) in [6.45, 7) is 3.41. The minimum Gasteiger partial charge on any atom is -0.479 e. The minimum atomic E-state index is -1.13. The van der Waals surface area contributed by atoms with E-state index in [0.717, 1.165) is 12.8 Å². The van der Waals surface area contributed by atoms with E-state index < -0.39 is 18.6 Å². The largest absolute Gasteiger partial charge is 0.479 e. The number of amides is 2. The van der Waals surface area contributed by atoms with Crippen molar-refractivity contribution in [2.75, 3.05) is 13.7 Å². The second-order valence-electron chi connectivity index (χ2n) is 3.34. The molecule has 1 atom stereocenters. The topological polar surface area (TPSA) is 78.9 Å². The lowest BCUT2D eigenvalue weighted by Gasteiger charge is -2.24. The first-order valence-electron chi connectivity index (χ1n) is 4.85. The Morgan fingerprint density at radius 2 is 2.13 bits per heavy atom. The van der Waals surface area contributed by atoms with Crippen molar-refractivity contribution >= 4 is 12.0 Å². The highest BCUT2D eigenvalue weighted by atomic mass is 16.7. The minimum absolute atomic E-state index is 0.100. The van der Waals surface area contributed by atoms with E-state index in [1.807, 2.05) is 13.8 Å². The molecule has 0 saturated carbocycles. The molecule has 0 spiro atoms. The number of urea groups is 1. The van der Waals surface area contributed by atoms with Gasteiger partial charge >= 0.3 is 12.0 Å². The van der Waals surface area contributed by atoms with Crippen LogP contribution in [-0.2, 0) is 9.63 Å². The number of carbonyl (C=O) groups is 2.